The van der Waals surface area contributed by atoms with Crippen LogP contribution in [0.1, 0.15) is 31.9 Å². The number of carbonyl (C=O) groups is 1. The van der Waals surface area contributed by atoms with Crippen molar-refractivity contribution in [2.45, 2.75) is 26.3 Å². The molecule has 1 amide bonds. The Morgan fingerprint density at radius 1 is 1.13 bits per heavy atom. The van der Waals surface area contributed by atoms with E-state index in [2.05, 4.69) is 19.2 Å². The molecule has 1 aliphatic rings. The summed E-state index contributed by atoms with van der Waals surface area (Å²) in [5.74, 6) is 1.64. The van der Waals surface area contributed by atoms with Crippen LogP contribution >= 0.6 is 0 Å². The number of ether oxygens (including phenoxy) is 3. The van der Waals surface area contributed by atoms with Gasteiger partial charge in [0.05, 0.1) is 25.1 Å². The van der Waals surface area contributed by atoms with E-state index >= 15 is 0 Å². The molecule has 2 aromatic carbocycles. The van der Waals surface area contributed by atoms with E-state index in [9.17, 15) is 13.2 Å². The van der Waals surface area contributed by atoms with Crippen LogP contribution in [0.25, 0.3) is 0 Å². The summed E-state index contributed by atoms with van der Waals surface area (Å²) in [6.45, 7) is 3.87. The summed E-state index contributed by atoms with van der Waals surface area (Å²) >= 11 is 0. The second kappa shape index (κ2) is 9.47. The molecule has 0 aliphatic carbocycles. The smallest absolute Gasteiger partial charge is 0.241 e. The molecule has 0 aromatic heterocycles. The fourth-order valence-electron chi connectivity index (χ4n) is 3.40. The molecular weight excluding hydrogens is 420 g/mol. The Morgan fingerprint density at radius 3 is 2.42 bits per heavy atom. The number of anilines is 1. The van der Waals surface area contributed by atoms with Gasteiger partial charge in [0.2, 0.25) is 22.7 Å². The highest BCUT2D eigenvalue weighted by atomic mass is 32.2. The van der Waals surface area contributed by atoms with Crippen molar-refractivity contribution in [1.82, 2.24) is 5.32 Å². The van der Waals surface area contributed by atoms with Gasteiger partial charge in [0.25, 0.3) is 0 Å². The van der Waals surface area contributed by atoms with Crippen molar-refractivity contribution in [3.63, 3.8) is 0 Å². The topological polar surface area (TPSA) is 94.2 Å². The summed E-state index contributed by atoms with van der Waals surface area (Å²) in [5, 5.41) is 2.98. The van der Waals surface area contributed by atoms with Crippen molar-refractivity contribution in [2.75, 3.05) is 31.0 Å². The Kier molecular flexibility index (Phi) is 6.94. The number of hydrogen-bond acceptors (Lipinski definition) is 6. The number of carbonyl (C=O) groups excluding carboxylic acids is 1. The van der Waals surface area contributed by atoms with Gasteiger partial charge in [-0.05, 0) is 42.2 Å². The Balaban J connectivity index is 1.79. The summed E-state index contributed by atoms with van der Waals surface area (Å²) < 4.78 is 41.7. The van der Waals surface area contributed by atoms with Gasteiger partial charge in [0.15, 0.2) is 11.5 Å². The Morgan fingerprint density at radius 2 is 1.81 bits per heavy atom. The third-order valence-corrected chi connectivity index (χ3v) is 6.03. The normalized spacial score (nSPS) is 13.7. The highest BCUT2D eigenvalue weighted by molar-refractivity contribution is 7.92. The number of benzene rings is 2. The number of fused-ring (bicyclic) bond motifs is 1. The molecule has 168 valence electrons. The lowest BCUT2D eigenvalue weighted by Crippen LogP contribution is -2.41. The first-order chi connectivity index (χ1) is 14.7. The van der Waals surface area contributed by atoms with E-state index in [4.69, 9.17) is 14.2 Å². The van der Waals surface area contributed by atoms with Crippen molar-refractivity contribution in [3.05, 3.63) is 48.0 Å². The van der Waals surface area contributed by atoms with Crippen LogP contribution in [0.4, 0.5) is 5.69 Å². The van der Waals surface area contributed by atoms with Crippen molar-refractivity contribution in [3.8, 4) is 17.2 Å². The molecule has 2 aromatic rings. The number of rotatable bonds is 9. The van der Waals surface area contributed by atoms with E-state index in [0.717, 1.165) is 21.9 Å². The van der Waals surface area contributed by atoms with Gasteiger partial charge in [0.1, 0.15) is 12.3 Å². The van der Waals surface area contributed by atoms with Crippen LogP contribution < -0.4 is 23.8 Å². The monoisotopic (exact) mass is 448 g/mol. The minimum atomic E-state index is -3.70. The molecule has 3 rings (SSSR count). The first kappa shape index (κ1) is 22.7. The zero-order chi connectivity index (χ0) is 22.6. The molecule has 0 fully saturated rings. The van der Waals surface area contributed by atoms with E-state index in [1.807, 2.05) is 24.3 Å². The maximum absolute atomic E-state index is 12.9. The van der Waals surface area contributed by atoms with E-state index in [1.54, 1.807) is 25.3 Å². The third-order valence-electron chi connectivity index (χ3n) is 4.89. The van der Waals surface area contributed by atoms with Gasteiger partial charge in [-0.15, -0.1) is 0 Å². The summed E-state index contributed by atoms with van der Waals surface area (Å²) in [6.07, 6.45) is 1.78. The molecule has 9 heteroatoms. The zero-order valence-electron chi connectivity index (χ0n) is 18.1. The number of hydrogen-bond donors (Lipinski definition) is 1. The molecule has 1 N–H and O–H groups in total. The highest BCUT2D eigenvalue weighted by Crippen LogP contribution is 2.36. The molecular formula is C22H28N2O6S. The van der Waals surface area contributed by atoms with Crippen LogP contribution in [0.2, 0.25) is 0 Å². The van der Waals surface area contributed by atoms with Gasteiger partial charge in [-0.2, -0.15) is 0 Å². The van der Waals surface area contributed by atoms with Crippen molar-refractivity contribution in [1.29, 1.82) is 0 Å². The largest absolute Gasteiger partial charge is 0.497 e. The Hall–Kier alpha value is -2.94. The average Bonchev–Trinajstić information content (AvgIpc) is 3.18. The van der Waals surface area contributed by atoms with Crippen LogP contribution in [-0.2, 0) is 14.8 Å². The molecule has 8 nitrogen and oxygen atoms in total. The summed E-state index contributed by atoms with van der Waals surface area (Å²) in [5.41, 5.74) is 1.27. The number of nitrogens with one attached hydrogen (secondary N) is 1. The molecule has 31 heavy (non-hydrogen) atoms. The second-order valence-corrected chi connectivity index (χ2v) is 9.74. The van der Waals surface area contributed by atoms with E-state index in [1.165, 1.54) is 0 Å². The molecule has 0 unspecified atom stereocenters. The van der Waals surface area contributed by atoms with E-state index < -0.39 is 15.9 Å². The van der Waals surface area contributed by atoms with Crippen LogP contribution in [-0.4, -0.2) is 41.0 Å². The number of methoxy groups -OCH3 is 1. The molecule has 0 radical (unpaired) electrons. The van der Waals surface area contributed by atoms with Crippen LogP contribution in [0.15, 0.2) is 42.5 Å². The van der Waals surface area contributed by atoms with Gasteiger partial charge in [-0.25, -0.2) is 8.42 Å². The molecule has 1 atom stereocenters. The third kappa shape index (κ3) is 5.81. The first-order valence-electron chi connectivity index (χ1n) is 9.98. The number of sulfonamides is 1. The summed E-state index contributed by atoms with van der Waals surface area (Å²) in [4.78, 5) is 12.9. The standard InChI is InChI=1S/C22H28N2O6S/c1-15(2)11-19(16-5-8-18(28-3)9-6-16)23-22(25)13-24(31(4,26)27)17-7-10-20-21(12-17)30-14-29-20/h5-10,12,15,19H,11,13-14H2,1-4H3,(H,23,25)/t19-/m0/s1. The van der Waals surface area contributed by atoms with Crippen molar-refractivity contribution >= 4 is 21.6 Å². The Labute approximate surface area is 183 Å². The fourth-order valence-corrected chi connectivity index (χ4v) is 4.25. The molecule has 1 heterocycles. The van der Waals surface area contributed by atoms with E-state index in [-0.39, 0.29) is 19.4 Å². The number of nitrogens with zero attached hydrogens (tertiary/aromatic N) is 1. The van der Waals surface area contributed by atoms with Gasteiger partial charge >= 0.3 is 0 Å². The summed E-state index contributed by atoms with van der Waals surface area (Å²) in [7, 11) is -2.11. The molecule has 0 saturated carbocycles. The summed E-state index contributed by atoms with van der Waals surface area (Å²) in [6, 6.07) is 12.0. The maximum atomic E-state index is 12.9. The fraction of sp³-hybridized carbons (Fsp3) is 0.409. The van der Waals surface area contributed by atoms with Crippen molar-refractivity contribution < 1.29 is 27.4 Å². The lowest BCUT2D eigenvalue weighted by molar-refractivity contribution is -0.120. The minimum Gasteiger partial charge on any atom is -0.497 e. The molecule has 0 bridgehead atoms. The lowest BCUT2D eigenvalue weighted by Gasteiger charge is -2.25. The van der Waals surface area contributed by atoms with Gasteiger partial charge < -0.3 is 19.5 Å². The molecule has 0 spiro atoms. The van der Waals surface area contributed by atoms with Crippen LogP contribution in [0.5, 0.6) is 17.2 Å². The average molecular weight is 449 g/mol. The zero-order valence-corrected chi connectivity index (χ0v) is 18.9. The quantitative estimate of drug-likeness (QED) is 0.634. The van der Waals surface area contributed by atoms with Gasteiger partial charge in [-0.1, -0.05) is 26.0 Å². The lowest BCUT2D eigenvalue weighted by atomic mass is 9.97. The Bertz CT molecular complexity index is 1020. The highest BCUT2D eigenvalue weighted by Gasteiger charge is 2.25. The SMILES string of the molecule is COc1ccc([C@H](CC(C)C)NC(=O)CN(c2ccc3c(c2)OCO3)S(C)(=O)=O)cc1. The minimum absolute atomic E-state index is 0.0802. The first-order valence-corrected chi connectivity index (χ1v) is 11.8. The van der Waals surface area contributed by atoms with Crippen molar-refractivity contribution in [2.24, 2.45) is 5.92 Å². The van der Waals surface area contributed by atoms with Crippen LogP contribution in [0, 0.1) is 5.92 Å². The second-order valence-electron chi connectivity index (χ2n) is 7.83. The van der Waals surface area contributed by atoms with Gasteiger partial charge in [0, 0.05) is 6.07 Å². The maximum Gasteiger partial charge on any atom is 0.241 e. The van der Waals surface area contributed by atoms with Gasteiger partial charge in [-0.3, -0.25) is 9.10 Å². The molecule has 1 aliphatic heterocycles. The van der Waals surface area contributed by atoms with E-state index in [0.29, 0.717) is 29.5 Å². The number of amides is 1. The predicted molar refractivity (Wildman–Crippen MR) is 118 cm³/mol. The van der Waals surface area contributed by atoms with Crippen LogP contribution in [0.3, 0.4) is 0 Å². The predicted octanol–water partition coefficient (Wildman–Crippen LogP) is 3.09. The molecule has 0 saturated heterocycles.